The predicted octanol–water partition coefficient (Wildman–Crippen LogP) is 2.60. The van der Waals surface area contributed by atoms with Crippen molar-refractivity contribution >= 4 is 5.91 Å². The molecule has 1 atom stereocenters. The Bertz CT molecular complexity index is 388. The van der Waals surface area contributed by atoms with Crippen molar-refractivity contribution < 1.29 is 9.53 Å². The van der Waals surface area contributed by atoms with E-state index in [9.17, 15) is 4.79 Å². The minimum Gasteiger partial charge on any atom is -0.491 e. The first-order valence-electron chi connectivity index (χ1n) is 6.02. The van der Waals surface area contributed by atoms with Gasteiger partial charge in [-0.3, -0.25) is 4.79 Å². The van der Waals surface area contributed by atoms with Crippen molar-refractivity contribution in [3.05, 3.63) is 29.3 Å². The molecule has 94 valence electrons. The van der Waals surface area contributed by atoms with Crippen LogP contribution in [0.15, 0.2) is 18.2 Å². The highest BCUT2D eigenvalue weighted by Gasteiger charge is 2.06. The lowest BCUT2D eigenvalue weighted by Gasteiger charge is -2.15. The topological polar surface area (TPSA) is 38.3 Å². The van der Waals surface area contributed by atoms with Crippen molar-refractivity contribution in [2.45, 2.75) is 40.2 Å². The molecule has 0 unspecified atom stereocenters. The summed E-state index contributed by atoms with van der Waals surface area (Å²) in [6, 6.07) is 6.05. The van der Waals surface area contributed by atoms with E-state index in [0.29, 0.717) is 13.0 Å². The lowest BCUT2D eigenvalue weighted by atomic mass is 10.1. The highest BCUT2D eigenvalue weighted by molar-refractivity contribution is 5.75. The maximum Gasteiger partial charge on any atom is 0.220 e. The predicted molar refractivity (Wildman–Crippen MR) is 69.3 cm³/mol. The molecule has 0 saturated heterocycles. The van der Waals surface area contributed by atoms with Crippen LogP contribution in [0.4, 0.5) is 0 Å². The summed E-state index contributed by atoms with van der Waals surface area (Å²) in [6.45, 7) is 8.41. The number of hydrogen-bond donors (Lipinski definition) is 1. The van der Waals surface area contributed by atoms with Crippen LogP contribution in [0.5, 0.6) is 5.75 Å². The minimum absolute atomic E-state index is 0.0315. The second kappa shape index (κ2) is 6.28. The van der Waals surface area contributed by atoms with Gasteiger partial charge >= 0.3 is 0 Å². The molecule has 0 aliphatic carbocycles. The van der Waals surface area contributed by atoms with Crippen molar-refractivity contribution in [1.82, 2.24) is 5.32 Å². The van der Waals surface area contributed by atoms with Crippen LogP contribution in [-0.4, -0.2) is 18.6 Å². The Labute approximate surface area is 103 Å². The molecule has 1 amide bonds. The highest BCUT2D eigenvalue weighted by Crippen LogP contribution is 2.16. The molecule has 0 heterocycles. The number of carbonyl (C=O) groups excluding carboxylic acids is 1. The summed E-state index contributed by atoms with van der Waals surface area (Å²) in [4.78, 5) is 11.2. The molecule has 0 aliphatic rings. The zero-order chi connectivity index (χ0) is 12.8. The Balaban J connectivity index is 2.44. The summed E-state index contributed by atoms with van der Waals surface area (Å²) in [7, 11) is 0. The zero-order valence-corrected chi connectivity index (χ0v) is 11.0. The highest BCUT2D eigenvalue weighted by atomic mass is 16.5. The van der Waals surface area contributed by atoms with Crippen LogP contribution in [0.1, 0.15) is 31.4 Å². The number of aryl methyl sites for hydroxylation is 2. The Morgan fingerprint density at radius 3 is 2.65 bits per heavy atom. The van der Waals surface area contributed by atoms with E-state index in [2.05, 4.69) is 19.2 Å². The fourth-order valence-electron chi connectivity index (χ4n) is 1.44. The van der Waals surface area contributed by atoms with Crippen LogP contribution in [-0.2, 0) is 4.79 Å². The first-order chi connectivity index (χ1) is 8.02. The monoisotopic (exact) mass is 235 g/mol. The fraction of sp³-hybridized carbons (Fsp3) is 0.500. The average Bonchev–Trinajstić information content (AvgIpc) is 2.30. The van der Waals surface area contributed by atoms with E-state index in [1.165, 1.54) is 11.1 Å². The second-order valence-electron chi connectivity index (χ2n) is 4.38. The summed E-state index contributed by atoms with van der Waals surface area (Å²) in [6.07, 6.45) is 0.508. The largest absolute Gasteiger partial charge is 0.491 e. The van der Waals surface area contributed by atoms with Crippen LogP contribution in [0.2, 0.25) is 0 Å². The number of amides is 1. The first kappa shape index (κ1) is 13.6. The molecule has 3 heteroatoms. The van der Waals surface area contributed by atoms with Gasteiger partial charge in [-0.2, -0.15) is 0 Å². The van der Waals surface area contributed by atoms with Crippen molar-refractivity contribution in [2.75, 3.05) is 6.61 Å². The molecule has 0 spiro atoms. The molecule has 1 aromatic carbocycles. The Hall–Kier alpha value is -1.51. The van der Waals surface area contributed by atoms with Gasteiger partial charge in [0.25, 0.3) is 0 Å². The fourth-order valence-corrected chi connectivity index (χ4v) is 1.44. The molecule has 0 fully saturated rings. The van der Waals surface area contributed by atoms with Gasteiger partial charge in [0, 0.05) is 6.42 Å². The van der Waals surface area contributed by atoms with Gasteiger partial charge < -0.3 is 10.1 Å². The number of benzene rings is 1. The Morgan fingerprint density at radius 1 is 1.35 bits per heavy atom. The zero-order valence-electron chi connectivity index (χ0n) is 11.0. The molecule has 0 saturated carbocycles. The van der Waals surface area contributed by atoms with E-state index in [1.807, 2.05) is 32.0 Å². The first-order valence-corrected chi connectivity index (χ1v) is 6.02. The van der Waals surface area contributed by atoms with Gasteiger partial charge in [0.15, 0.2) is 0 Å². The van der Waals surface area contributed by atoms with E-state index >= 15 is 0 Å². The van der Waals surface area contributed by atoms with E-state index in [-0.39, 0.29) is 11.9 Å². The molecule has 0 bridgehead atoms. The van der Waals surface area contributed by atoms with Gasteiger partial charge in [0.05, 0.1) is 6.04 Å². The number of hydrogen-bond acceptors (Lipinski definition) is 2. The van der Waals surface area contributed by atoms with Crippen molar-refractivity contribution in [3.63, 3.8) is 0 Å². The number of nitrogens with one attached hydrogen (secondary N) is 1. The van der Waals surface area contributed by atoms with Crippen LogP contribution < -0.4 is 10.1 Å². The third-order valence-electron chi connectivity index (χ3n) is 2.71. The maximum atomic E-state index is 11.2. The van der Waals surface area contributed by atoms with Crippen molar-refractivity contribution in [1.29, 1.82) is 0 Å². The third-order valence-corrected chi connectivity index (χ3v) is 2.71. The summed E-state index contributed by atoms with van der Waals surface area (Å²) in [5.41, 5.74) is 2.47. The molecule has 0 aliphatic heterocycles. The van der Waals surface area contributed by atoms with Crippen molar-refractivity contribution in [3.8, 4) is 5.75 Å². The number of ether oxygens (including phenoxy) is 1. The van der Waals surface area contributed by atoms with Crippen LogP contribution in [0.3, 0.4) is 0 Å². The van der Waals surface area contributed by atoms with Gasteiger partial charge in [0.2, 0.25) is 5.91 Å². The number of carbonyl (C=O) groups is 1. The second-order valence-corrected chi connectivity index (χ2v) is 4.38. The summed E-state index contributed by atoms with van der Waals surface area (Å²) >= 11 is 0. The molecular formula is C14H21NO2. The Morgan fingerprint density at radius 2 is 2.06 bits per heavy atom. The molecule has 0 aromatic heterocycles. The van der Waals surface area contributed by atoms with Crippen LogP contribution in [0.25, 0.3) is 0 Å². The minimum atomic E-state index is 0.0315. The molecule has 1 N–H and O–H groups in total. The lowest BCUT2D eigenvalue weighted by molar-refractivity contribution is -0.121. The van der Waals surface area contributed by atoms with E-state index in [1.54, 1.807) is 0 Å². The standard InChI is InChI=1S/C14H21NO2/c1-5-14(16)15-12(4)9-17-13-7-6-10(2)11(3)8-13/h6-8,12H,5,9H2,1-4H3,(H,15,16)/t12-/m0/s1. The smallest absolute Gasteiger partial charge is 0.220 e. The van der Waals surface area contributed by atoms with Gasteiger partial charge in [-0.15, -0.1) is 0 Å². The van der Waals surface area contributed by atoms with E-state index in [4.69, 9.17) is 4.74 Å². The van der Waals surface area contributed by atoms with Crippen LogP contribution in [0, 0.1) is 13.8 Å². The van der Waals surface area contributed by atoms with Gasteiger partial charge in [-0.05, 0) is 44.0 Å². The summed E-state index contributed by atoms with van der Waals surface area (Å²) in [5, 5.41) is 2.86. The van der Waals surface area contributed by atoms with E-state index in [0.717, 1.165) is 5.75 Å². The SMILES string of the molecule is CCC(=O)N[C@@H](C)COc1ccc(C)c(C)c1. The van der Waals surface area contributed by atoms with E-state index < -0.39 is 0 Å². The molecular weight excluding hydrogens is 214 g/mol. The molecule has 0 radical (unpaired) electrons. The number of rotatable bonds is 5. The maximum absolute atomic E-state index is 11.2. The molecule has 3 nitrogen and oxygen atoms in total. The Kier molecular flexibility index (Phi) is 5.01. The normalized spacial score (nSPS) is 12.0. The van der Waals surface area contributed by atoms with Gasteiger partial charge in [0.1, 0.15) is 12.4 Å². The summed E-state index contributed by atoms with van der Waals surface area (Å²) in [5.74, 6) is 0.909. The molecule has 1 aromatic rings. The van der Waals surface area contributed by atoms with Crippen molar-refractivity contribution in [2.24, 2.45) is 0 Å². The summed E-state index contributed by atoms with van der Waals surface area (Å²) < 4.78 is 5.63. The van der Waals surface area contributed by atoms with Crippen LogP contribution >= 0.6 is 0 Å². The average molecular weight is 235 g/mol. The lowest BCUT2D eigenvalue weighted by Crippen LogP contribution is -2.36. The van der Waals surface area contributed by atoms with Gasteiger partial charge in [-0.1, -0.05) is 13.0 Å². The third kappa shape index (κ3) is 4.47. The molecule has 1 rings (SSSR count). The quantitative estimate of drug-likeness (QED) is 0.852. The van der Waals surface area contributed by atoms with Gasteiger partial charge in [-0.25, -0.2) is 0 Å². The molecule has 17 heavy (non-hydrogen) atoms.